The minimum absolute atomic E-state index is 0.364. The van der Waals surface area contributed by atoms with Gasteiger partial charge in [-0.1, -0.05) is 19.1 Å². The summed E-state index contributed by atoms with van der Waals surface area (Å²) in [6.07, 6.45) is 1.79. The lowest BCUT2D eigenvalue weighted by Crippen LogP contribution is -2.32. The van der Waals surface area contributed by atoms with Crippen LogP contribution in [-0.4, -0.2) is 33.3 Å². The van der Waals surface area contributed by atoms with Crippen LogP contribution in [0.4, 0.5) is 5.69 Å². The maximum absolute atomic E-state index is 11.7. The smallest absolute Gasteiger partial charge is 0.339 e. The van der Waals surface area contributed by atoms with Crippen molar-refractivity contribution in [1.82, 2.24) is 0 Å². The van der Waals surface area contributed by atoms with Gasteiger partial charge in [0, 0.05) is 25.9 Å². The third-order valence-electron chi connectivity index (χ3n) is 3.97. The Morgan fingerprint density at radius 2 is 2.00 bits per heavy atom. The molecular formula is C16H23NO3. The number of carbonyl (C=O) groups excluding carboxylic acids is 1. The Morgan fingerprint density at radius 3 is 2.60 bits per heavy atom. The number of hydrogen-bond donors (Lipinski definition) is 0. The minimum atomic E-state index is -0.649. The molecular weight excluding hydrogens is 254 g/mol. The predicted octanol–water partition coefficient (Wildman–Crippen LogP) is 2.78. The van der Waals surface area contributed by atoms with Gasteiger partial charge in [0.15, 0.2) is 6.10 Å². The summed E-state index contributed by atoms with van der Waals surface area (Å²) in [5.74, 6) is 0.438. The van der Waals surface area contributed by atoms with E-state index in [0.717, 1.165) is 30.3 Å². The van der Waals surface area contributed by atoms with E-state index in [1.165, 1.54) is 27.1 Å². The second-order valence-corrected chi connectivity index (χ2v) is 5.40. The van der Waals surface area contributed by atoms with E-state index >= 15 is 0 Å². The van der Waals surface area contributed by atoms with Gasteiger partial charge in [0.1, 0.15) is 0 Å². The van der Waals surface area contributed by atoms with Crippen molar-refractivity contribution in [3.63, 3.8) is 0 Å². The van der Waals surface area contributed by atoms with Crippen molar-refractivity contribution in [3.8, 4) is 0 Å². The number of methoxy groups -OCH3 is 2. The van der Waals surface area contributed by atoms with E-state index in [4.69, 9.17) is 9.47 Å². The lowest BCUT2D eigenvalue weighted by Gasteiger charge is -2.32. The van der Waals surface area contributed by atoms with Crippen molar-refractivity contribution in [2.24, 2.45) is 5.92 Å². The summed E-state index contributed by atoms with van der Waals surface area (Å²) in [7, 11) is 2.90. The normalized spacial score (nSPS) is 17.9. The van der Waals surface area contributed by atoms with Gasteiger partial charge in [0.05, 0.1) is 7.11 Å². The van der Waals surface area contributed by atoms with Crippen molar-refractivity contribution >= 4 is 11.7 Å². The number of ether oxygens (including phenoxy) is 2. The Balaban J connectivity index is 2.16. The fourth-order valence-electron chi connectivity index (χ4n) is 2.63. The van der Waals surface area contributed by atoms with Crippen LogP contribution < -0.4 is 4.90 Å². The molecule has 20 heavy (non-hydrogen) atoms. The molecule has 1 saturated heterocycles. The first kappa shape index (κ1) is 14.9. The molecule has 0 bridgehead atoms. The van der Waals surface area contributed by atoms with Gasteiger partial charge in [0.2, 0.25) is 0 Å². The molecule has 4 nitrogen and oxygen atoms in total. The van der Waals surface area contributed by atoms with Gasteiger partial charge in [-0.3, -0.25) is 0 Å². The van der Waals surface area contributed by atoms with Crippen LogP contribution in [0.5, 0.6) is 0 Å². The van der Waals surface area contributed by atoms with E-state index in [9.17, 15) is 4.79 Å². The van der Waals surface area contributed by atoms with Crippen LogP contribution in [0.3, 0.4) is 0 Å². The molecule has 1 aromatic carbocycles. The van der Waals surface area contributed by atoms with Gasteiger partial charge in [-0.2, -0.15) is 0 Å². The predicted molar refractivity (Wildman–Crippen MR) is 78.8 cm³/mol. The number of rotatable bonds is 4. The standard InChI is InChI=1S/C16H23NO3/c1-12-7-9-17(10-8-12)14-6-4-5-13(11-14)15(19-2)16(18)20-3/h4-6,11-12,15H,7-10H2,1-3H3. The van der Waals surface area contributed by atoms with Crippen molar-refractivity contribution in [2.45, 2.75) is 25.9 Å². The molecule has 1 aliphatic heterocycles. The number of carbonyl (C=O) groups is 1. The lowest BCUT2D eigenvalue weighted by atomic mass is 9.98. The Labute approximate surface area is 120 Å². The molecule has 1 unspecified atom stereocenters. The average Bonchev–Trinajstić information content (AvgIpc) is 2.49. The summed E-state index contributed by atoms with van der Waals surface area (Å²) < 4.78 is 10.0. The van der Waals surface area contributed by atoms with Crippen LogP contribution >= 0.6 is 0 Å². The van der Waals surface area contributed by atoms with Crippen molar-refractivity contribution in [3.05, 3.63) is 29.8 Å². The highest BCUT2D eigenvalue weighted by atomic mass is 16.6. The Kier molecular flexibility index (Phi) is 5.01. The topological polar surface area (TPSA) is 38.8 Å². The lowest BCUT2D eigenvalue weighted by molar-refractivity contribution is -0.152. The zero-order valence-electron chi connectivity index (χ0n) is 12.5. The largest absolute Gasteiger partial charge is 0.467 e. The number of anilines is 1. The molecule has 0 spiro atoms. The third-order valence-corrected chi connectivity index (χ3v) is 3.97. The van der Waals surface area contributed by atoms with Gasteiger partial charge < -0.3 is 14.4 Å². The van der Waals surface area contributed by atoms with Crippen LogP contribution in [0, 0.1) is 5.92 Å². The molecule has 0 saturated carbocycles. The van der Waals surface area contributed by atoms with Crippen LogP contribution in [0.15, 0.2) is 24.3 Å². The first-order valence-corrected chi connectivity index (χ1v) is 7.11. The van der Waals surface area contributed by atoms with Gasteiger partial charge in [-0.15, -0.1) is 0 Å². The summed E-state index contributed by atoms with van der Waals surface area (Å²) >= 11 is 0. The van der Waals surface area contributed by atoms with Gasteiger partial charge in [-0.05, 0) is 36.5 Å². The quantitative estimate of drug-likeness (QED) is 0.793. The fraction of sp³-hybridized carbons (Fsp3) is 0.562. The molecule has 0 aromatic heterocycles. The average molecular weight is 277 g/mol. The van der Waals surface area contributed by atoms with Gasteiger partial charge in [0.25, 0.3) is 0 Å². The van der Waals surface area contributed by atoms with Crippen LogP contribution in [0.2, 0.25) is 0 Å². The molecule has 1 atom stereocenters. The zero-order valence-corrected chi connectivity index (χ0v) is 12.5. The SMILES string of the molecule is COC(=O)C(OC)c1cccc(N2CCC(C)CC2)c1. The molecule has 0 N–H and O–H groups in total. The number of hydrogen-bond acceptors (Lipinski definition) is 4. The molecule has 0 radical (unpaired) electrons. The Bertz CT molecular complexity index is 453. The molecule has 4 heteroatoms. The molecule has 110 valence electrons. The number of esters is 1. The van der Waals surface area contributed by atoms with E-state index in [-0.39, 0.29) is 5.97 Å². The Hall–Kier alpha value is -1.55. The summed E-state index contributed by atoms with van der Waals surface area (Å²) in [6.45, 7) is 4.44. The van der Waals surface area contributed by atoms with E-state index in [2.05, 4.69) is 17.9 Å². The minimum Gasteiger partial charge on any atom is -0.467 e. The van der Waals surface area contributed by atoms with Crippen molar-refractivity contribution in [2.75, 3.05) is 32.2 Å². The van der Waals surface area contributed by atoms with Crippen LogP contribution in [0.1, 0.15) is 31.4 Å². The van der Waals surface area contributed by atoms with E-state index in [1.807, 2.05) is 18.2 Å². The highest BCUT2D eigenvalue weighted by Crippen LogP contribution is 2.27. The zero-order chi connectivity index (χ0) is 14.5. The molecule has 1 aliphatic rings. The van der Waals surface area contributed by atoms with E-state index in [0.29, 0.717) is 0 Å². The second kappa shape index (κ2) is 6.75. The molecule has 0 amide bonds. The van der Waals surface area contributed by atoms with Gasteiger partial charge in [-0.25, -0.2) is 4.79 Å². The molecule has 0 aliphatic carbocycles. The molecule has 1 fully saturated rings. The summed E-state index contributed by atoms with van der Waals surface area (Å²) in [5, 5.41) is 0. The maximum atomic E-state index is 11.7. The van der Waals surface area contributed by atoms with Crippen molar-refractivity contribution < 1.29 is 14.3 Å². The monoisotopic (exact) mass is 277 g/mol. The summed E-state index contributed by atoms with van der Waals surface area (Å²) in [6, 6.07) is 7.99. The van der Waals surface area contributed by atoms with E-state index < -0.39 is 6.10 Å². The number of nitrogens with zero attached hydrogens (tertiary/aromatic N) is 1. The van der Waals surface area contributed by atoms with Crippen molar-refractivity contribution in [1.29, 1.82) is 0 Å². The van der Waals surface area contributed by atoms with Crippen LogP contribution in [-0.2, 0) is 14.3 Å². The Morgan fingerprint density at radius 1 is 1.30 bits per heavy atom. The molecule has 1 heterocycles. The number of benzene rings is 1. The maximum Gasteiger partial charge on any atom is 0.339 e. The fourth-order valence-corrected chi connectivity index (χ4v) is 2.63. The summed E-state index contributed by atoms with van der Waals surface area (Å²) in [5.41, 5.74) is 2.00. The van der Waals surface area contributed by atoms with E-state index in [1.54, 1.807) is 0 Å². The summed E-state index contributed by atoms with van der Waals surface area (Å²) in [4.78, 5) is 14.1. The number of piperidine rings is 1. The highest BCUT2D eigenvalue weighted by Gasteiger charge is 2.22. The highest BCUT2D eigenvalue weighted by molar-refractivity contribution is 5.77. The first-order chi connectivity index (χ1) is 9.65. The third kappa shape index (κ3) is 3.31. The van der Waals surface area contributed by atoms with Crippen LogP contribution in [0.25, 0.3) is 0 Å². The second-order valence-electron chi connectivity index (χ2n) is 5.40. The molecule has 2 rings (SSSR count). The first-order valence-electron chi connectivity index (χ1n) is 7.11. The van der Waals surface area contributed by atoms with Gasteiger partial charge >= 0.3 is 5.97 Å². The molecule has 1 aromatic rings.